The van der Waals surface area contributed by atoms with E-state index in [1.165, 1.54) is 13.2 Å². The molecule has 4 nitrogen and oxygen atoms in total. The fraction of sp³-hybridized carbons (Fsp3) is 0.462. The molecule has 1 fully saturated rings. The van der Waals surface area contributed by atoms with E-state index in [9.17, 15) is 9.18 Å². The number of ether oxygens (including phenoxy) is 2. The number of anilines is 1. The molecule has 0 aromatic heterocycles. The summed E-state index contributed by atoms with van der Waals surface area (Å²) < 4.78 is 23.0. The molecule has 98 valence electrons. The molecule has 1 aromatic rings. The van der Waals surface area contributed by atoms with Gasteiger partial charge in [-0.2, -0.15) is 0 Å². The third-order valence-corrected chi connectivity index (χ3v) is 3.16. The molecule has 5 heteroatoms. The van der Waals surface area contributed by atoms with E-state index in [1.807, 2.05) is 0 Å². The summed E-state index contributed by atoms with van der Waals surface area (Å²) in [5.41, 5.74) is 0.734. The van der Waals surface area contributed by atoms with Crippen LogP contribution in [0, 0.1) is 18.2 Å². The SMILES string of the molecule is COC(=O)C1(CNc2ccc(F)c(C)c2)COC1. The van der Waals surface area contributed by atoms with Crippen LogP contribution in [-0.4, -0.2) is 32.8 Å². The zero-order chi connectivity index (χ0) is 13.2. The first-order valence-electron chi connectivity index (χ1n) is 5.74. The molecule has 0 amide bonds. The second-order valence-corrected chi connectivity index (χ2v) is 4.58. The van der Waals surface area contributed by atoms with Crippen molar-refractivity contribution in [2.24, 2.45) is 5.41 Å². The average molecular weight is 253 g/mol. The molecular formula is C13H16FNO3. The van der Waals surface area contributed by atoms with Crippen molar-refractivity contribution in [2.75, 3.05) is 32.2 Å². The van der Waals surface area contributed by atoms with Gasteiger partial charge in [0.2, 0.25) is 0 Å². The lowest BCUT2D eigenvalue weighted by atomic mass is 9.86. The lowest BCUT2D eigenvalue weighted by Gasteiger charge is -2.38. The number of esters is 1. The minimum atomic E-state index is -0.614. The first kappa shape index (κ1) is 12.8. The normalized spacial score (nSPS) is 16.8. The summed E-state index contributed by atoms with van der Waals surface area (Å²) in [6.45, 7) is 2.83. The predicted octanol–water partition coefficient (Wildman–Crippen LogP) is 1.74. The van der Waals surface area contributed by atoms with Crippen LogP contribution in [0.2, 0.25) is 0 Å². The maximum absolute atomic E-state index is 13.1. The first-order valence-corrected chi connectivity index (χ1v) is 5.74. The molecule has 0 saturated carbocycles. The zero-order valence-corrected chi connectivity index (χ0v) is 10.5. The first-order chi connectivity index (χ1) is 8.57. The van der Waals surface area contributed by atoms with E-state index < -0.39 is 5.41 Å². The number of aryl methyl sites for hydroxylation is 1. The van der Waals surface area contributed by atoms with Gasteiger partial charge in [0, 0.05) is 12.2 Å². The smallest absolute Gasteiger partial charge is 0.318 e. The molecule has 0 bridgehead atoms. The van der Waals surface area contributed by atoms with Crippen molar-refractivity contribution in [3.63, 3.8) is 0 Å². The van der Waals surface area contributed by atoms with Crippen LogP contribution in [0.25, 0.3) is 0 Å². The summed E-state index contributed by atoms with van der Waals surface area (Å²) in [6.07, 6.45) is 0. The van der Waals surface area contributed by atoms with Crippen LogP contribution in [-0.2, 0) is 14.3 Å². The van der Waals surface area contributed by atoms with Crippen LogP contribution in [0.1, 0.15) is 5.56 Å². The van der Waals surface area contributed by atoms with Crippen molar-refractivity contribution in [1.82, 2.24) is 0 Å². The third-order valence-electron chi connectivity index (χ3n) is 3.16. The minimum Gasteiger partial charge on any atom is -0.468 e. The highest BCUT2D eigenvalue weighted by atomic mass is 19.1. The number of nitrogens with one attached hydrogen (secondary N) is 1. The minimum absolute atomic E-state index is 0.241. The number of rotatable bonds is 4. The molecule has 1 aliphatic rings. The molecule has 0 radical (unpaired) electrons. The van der Waals surface area contributed by atoms with Crippen molar-refractivity contribution < 1.29 is 18.7 Å². The van der Waals surface area contributed by atoms with Gasteiger partial charge < -0.3 is 14.8 Å². The molecule has 0 aliphatic carbocycles. The summed E-state index contributed by atoms with van der Waals surface area (Å²) >= 11 is 0. The quantitative estimate of drug-likeness (QED) is 0.830. The zero-order valence-electron chi connectivity index (χ0n) is 10.5. The molecule has 1 aromatic carbocycles. The number of carbonyl (C=O) groups excluding carboxylic acids is 1. The Bertz CT molecular complexity index is 458. The van der Waals surface area contributed by atoms with Crippen molar-refractivity contribution in [2.45, 2.75) is 6.92 Å². The Kier molecular flexibility index (Phi) is 3.52. The van der Waals surface area contributed by atoms with Gasteiger partial charge in [-0.3, -0.25) is 4.79 Å². The lowest BCUT2D eigenvalue weighted by Crippen LogP contribution is -2.54. The molecule has 1 saturated heterocycles. The molecule has 18 heavy (non-hydrogen) atoms. The summed E-state index contributed by atoms with van der Waals surface area (Å²) in [6, 6.07) is 4.76. The number of methoxy groups -OCH3 is 1. The molecule has 2 rings (SSSR count). The van der Waals surface area contributed by atoms with E-state index in [2.05, 4.69) is 5.32 Å². The lowest BCUT2D eigenvalue weighted by molar-refractivity contribution is -0.180. The second kappa shape index (κ2) is 4.94. The van der Waals surface area contributed by atoms with Gasteiger partial charge in [-0.05, 0) is 30.7 Å². The van der Waals surface area contributed by atoms with E-state index >= 15 is 0 Å². The van der Waals surface area contributed by atoms with Crippen LogP contribution >= 0.6 is 0 Å². The van der Waals surface area contributed by atoms with Crippen molar-refractivity contribution in [3.8, 4) is 0 Å². The molecule has 1 N–H and O–H groups in total. The average Bonchev–Trinajstić information content (AvgIpc) is 2.31. The number of hydrogen-bond acceptors (Lipinski definition) is 4. The van der Waals surface area contributed by atoms with E-state index in [-0.39, 0.29) is 11.8 Å². The van der Waals surface area contributed by atoms with Crippen molar-refractivity contribution in [3.05, 3.63) is 29.6 Å². The largest absolute Gasteiger partial charge is 0.468 e. The van der Waals surface area contributed by atoms with Gasteiger partial charge in [0.15, 0.2) is 0 Å². The van der Waals surface area contributed by atoms with E-state index in [0.717, 1.165) is 5.69 Å². The fourth-order valence-electron chi connectivity index (χ4n) is 1.88. The molecule has 0 spiro atoms. The Hall–Kier alpha value is -1.62. The van der Waals surface area contributed by atoms with Gasteiger partial charge in [-0.15, -0.1) is 0 Å². The second-order valence-electron chi connectivity index (χ2n) is 4.58. The summed E-state index contributed by atoms with van der Waals surface area (Å²) in [5.74, 6) is -0.518. The standard InChI is InChI=1S/C13H16FNO3/c1-9-5-10(3-4-11(9)14)15-6-13(7-18-8-13)12(16)17-2/h3-5,15H,6-8H2,1-2H3. The molecule has 0 atom stereocenters. The molecular weight excluding hydrogens is 237 g/mol. The number of halogens is 1. The van der Waals surface area contributed by atoms with Gasteiger partial charge in [-0.1, -0.05) is 0 Å². The number of hydrogen-bond donors (Lipinski definition) is 1. The van der Waals surface area contributed by atoms with Crippen LogP contribution in [0.5, 0.6) is 0 Å². The Morgan fingerprint density at radius 2 is 2.28 bits per heavy atom. The monoisotopic (exact) mass is 253 g/mol. The van der Waals surface area contributed by atoms with Crippen molar-refractivity contribution in [1.29, 1.82) is 0 Å². The summed E-state index contributed by atoms with van der Waals surface area (Å²) in [4.78, 5) is 11.7. The number of benzene rings is 1. The van der Waals surface area contributed by atoms with Gasteiger partial charge >= 0.3 is 5.97 Å². The van der Waals surface area contributed by atoms with Gasteiger partial charge in [-0.25, -0.2) is 4.39 Å². The van der Waals surface area contributed by atoms with Gasteiger partial charge in [0.05, 0.1) is 20.3 Å². The third kappa shape index (κ3) is 2.31. The Morgan fingerprint density at radius 3 is 2.78 bits per heavy atom. The van der Waals surface area contributed by atoms with Crippen LogP contribution in [0.3, 0.4) is 0 Å². The van der Waals surface area contributed by atoms with E-state index in [0.29, 0.717) is 25.3 Å². The maximum Gasteiger partial charge on any atom is 0.318 e. The fourth-order valence-corrected chi connectivity index (χ4v) is 1.88. The van der Waals surface area contributed by atoms with Gasteiger partial charge in [0.1, 0.15) is 11.2 Å². The predicted molar refractivity (Wildman–Crippen MR) is 64.9 cm³/mol. The Labute approximate surface area is 105 Å². The van der Waals surface area contributed by atoms with Crippen LogP contribution in [0.15, 0.2) is 18.2 Å². The molecule has 0 unspecified atom stereocenters. The Balaban J connectivity index is 2.02. The van der Waals surface area contributed by atoms with Crippen LogP contribution in [0.4, 0.5) is 10.1 Å². The van der Waals surface area contributed by atoms with Crippen LogP contribution < -0.4 is 5.32 Å². The van der Waals surface area contributed by atoms with Gasteiger partial charge in [0.25, 0.3) is 0 Å². The highest BCUT2D eigenvalue weighted by Crippen LogP contribution is 2.29. The van der Waals surface area contributed by atoms with E-state index in [4.69, 9.17) is 9.47 Å². The van der Waals surface area contributed by atoms with Crippen molar-refractivity contribution >= 4 is 11.7 Å². The topological polar surface area (TPSA) is 47.6 Å². The summed E-state index contributed by atoms with van der Waals surface area (Å²) in [7, 11) is 1.37. The molecule has 1 heterocycles. The highest BCUT2D eigenvalue weighted by Gasteiger charge is 2.47. The maximum atomic E-state index is 13.1. The molecule has 1 aliphatic heterocycles. The number of carbonyl (C=O) groups is 1. The highest BCUT2D eigenvalue weighted by molar-refractivity contribution is 5.78. The summed E-state index contributed by atoms with van der Waals surface area (Å²) in [5, 5.41) is 3.12. The Morgan fingerprint density at radius 1 is 1.56 bits per heavy atom. The van der Waals surface area contributed by atoms with E-state index in [1.54, 1.807) is 19.1 Å².